The number of rotatable bonds is 5. The molecule has 150 valence electrons. The van der Waals surface area contributed by atoms with Crippen molar-refractivity contribution in [1.82, 2.24) is 0 Å². The van der Waals surface area contributed by atoms with E-state index in [2.05, 4.69) is 4.99 Å². The third-order valence-electron chi connectivity index (χ3n) is 4.72. The van der Waals surface area contributed by atoms with Gasteiger partial charge in [-0.3, -0.25) is 19.9 Å². The lowest BCUT2D eigenvalue weighted by atomic mass is 9.94. The summed E-state index contributed by atoms with van der Waals surface area (Å²) in [4.78, 5) is 27.5. The number of allylic oxidation sites excluding steroid dienone is 1. The Labute approximate surface area is 177 Å². The highest BCUT2D eigenvalue weighted by atomic mass is 16.6. The van der Waals surface area contributed by atoms with Crippen molar-refractivity contribution in [2.24, 2.45) is 4.99 Å². The number of nitro benzene ring substituents is 1. The summed E-state index contributed by atoms with van der Waals surface area (Å²) < 4.78 is 5.78. The fourth-order valence-electron chi connectivity index (χ4n) is 3.17. The third-order valence-corrected chi connectivity index (χ3v) is 4.72. The van der Waals surface area contributed by atoms with Crippen molar-refractivity contribution >= 4 is 22.9 Å². The van der Waals surface area contributed by atoms with Crippen molar-refractivity contribution in [3.05, 3.63) is 106 Å². The summed E-state index contributed by atoms with van der Waals surface area (Å²) in [5.74, 6) is 0.958. The van der Waals surface area contributed by atoms with E-state index in [-0.39, 0.29) is 29.2 Å². The van der Waals surface area contributed by atoms with Crippen molar-refractivity contribution in [3.8, 4) is 17.6 Å². The van der Waals surface area contributed by atoms with E-state index < -0.39 is 4.92 Å². The van der Waals surface area contributed by atoms with Gasteiger partial charge in [-0.15, -0.1) is 0 Å². The SMILES string of the molecule is N#CC1=C(c2ccc(Oc3ccccc3)cc2)N=C(c2ccc([N+](=O)[O-])cc2)CC1=O. The average Bonchev–Trinajstić information content (AvgIpc) is 2.80. The topological polar surface area (TPSA) is 106 Å². The minimum Gasteiger partial charge on any atom is -0.457 e. The van der Waals surface area contributed by atoms with E-state index in [1.165, 1.54) is 12.1 Å². The van der Waals surface area contributed by atoms with E-state index in [0.29, 0.717) is 28.3 Å². The van der Waals surface area contributed by atoms with Crippen LogP contribution in [0, 0.1) is 21.4 Å². The zero-order valence-electron chi connectivity index (χ0n) is 16.2. The maximum atomic E-state index is 12.6. The lowest BCUT2D eigenvalue weighted by Crippen LogP contribution is -2.17. The highest BCUT2D eigenvalue weighted by molar-refractivity contribution is 6.23. The van der Waals surface area contributed by atoms with Crippen LogP contribution in [0.1, 0.15) is 17.5 Å². The Kier molecular flexibility index (Phi) is 5.37. The number of ether oxygens (including phenoxy) is 1. The van der Waals surface area contributed by atoms with E-state index in [1.54, 1.807) is 36.4 Å². The van der Waals surface area contributed by atoms with Gasteiger partial charge in [0.2, 0.25) is 0 Å². The summed E-state index contributed by atoms with van der Waals surface area (Å²) >= 11 is 0. The highest BCUT2D eigenvalue weighted by Crippen LogP contribution is 2.30. The van der Waals surface area contributed by atoms with Crippen LogP contribution in [0.5, 0.6) is 11.5 Å². The molecule has 1 aliphatic rings. The number of nitriles is 1. The van der Waals surface area contributed by atoms with E-state index >= 15 is 0 Å². The van der Waals surface area contributed by atoms with E-state index in [4.69, 9.17) is 4.74 Å². The van der Waals surface area contributed by atoms with Crippen LogP contribution in [-0.2, 0) is 4.79 Å². The minimum atomic E-state index is -0.490. The molecule has 3 aromatic rings. The van der Waals surface area contributed by atoms with Crippen molar-refractivity contribution in [2.45, 2.75) is 6.42 Å². The summed E-state index contributed by atoms with van der Waals surface area (Å²) in [6, 6.07) is 24.1. The summed E-state index contributed by atoms with van der Waals surface area (Å²) in [6.07, 6.45) is -0.0423. The van der Waals surface area contributed by atoms with Crippen LogP contribution in [-0.4, -0.2) is 16.4 Å². The molecule has 0 fully saturated rings. The molecule has 31 heavy (non-hydrogen) atoms. The molecule has 0 aromatic heterocycles. The number of hydrogen-bond acceptors (Lipinski definition) is 6. The second-order valence-corrected chi connectivity index (χ2v) is 6.74. The molecule has 0 unspecified atom stereocenters. The zero-order chi connectivity index (χ0) is 21.8. The Morgan fingerprint density at radius 1 is 0.903 bits per heavy atom. The van der Waals surface area contributed by atoms with Crippen molar-refractivity contribution in [1.29, 1.82) is 5.26 Å². The molecule has 1 heterocycles. The van der Waals surface area contributed by atoms with Gasteiger partial charge in [0.15, 0.2) is 5.78 Å². The molecule has 4 rings (SSSR count). The first kappa shape index (κ1) is 19.7. The normalized spacial score (nSPS) is 13.4. The first-order valence-electron chi connectivity index (χ1n) is 9.38. The number of aliphatic imine (C=N–C) groups is 1. The Hall–Kier alpha value is -4.57. The Morgan fingerprint density at radius 2 is 1.52 bits per heavy atom. The number of benzene rings is 3. The highest BCUT2D eigenvalue weighted by Gasteiger charge is 2.25. The van der Waals surface area contributed by atoms with Gasteiger partial charge in [-0.25, -0.2) is 0 Å². The lowest BCUT2D eigenvalue weighted by Gasteiger charge is -2.16. The largest absolute Gasteiger partial charge is 0.457 e. The fourth-order valence-corrected chi connectivity index (χ4v) is 3.17. The molecule has 0 saturated heterocycles. The van der Waals surface area contributed by atoms with Gasteiger partial charge in [-0.05, 0) is 54.1 Å². The number of carbonyl (C=O) groups is 1. The molecular formula is C24H15N3O4. The smallest absolute Gasteiger partial charge is 0.269 e. The van der Waals surface area contributed by atoms with Crippen molar-refractivity contribution in [2.75, 3.05) is 0 Å². The maximum Gasteiger partial charge on any atom is 0.269 e. The van der Waals surface area contributed by atoms with Gasteiger partial charge in [-0.1, -0.05) is 18.2 Å². The molecule has 0 bridgehead atoms. The molecule has 0 aliphatic carbocycles. The second-order valence-electron chi connectivity index (χ2n) is 6.74. The van der Waals surface area contributed by atoms with E-state index in [0.717, 1.165) is 0 Å². The van der Waals surface area contributed by atoms with Crippen molar-refractivity contribution < 1.29 is 14.5 Å². The monoisotopic (exact) mass is 409 g/mol. The number of non-ortho nitro benzene ring substituents is 1. The number of Topliss-reactive ketones (excluding diaryl/α,β-unsaturated/α-hetero) is 1. The zero-order valence-corrected chi connectivity index (χ0v) is 16.2. The Bertz CT molecular complexity index is 1250. The van der Waals surface area contributed by atoms with Crippen LogP contribution in [0.2, 0.25) is 0 Å². The molecule has 0 atom stereocenters. The predicted molar refractivity (Wildman–Crippen MR) is 115 cm³/mol. The second kappa shape index (κ2) is 8.43. The molecule has 0 amide bonds. The Morgan fingerprint density at radius 3 is 2.13 bits per heavy atom. The number of para-hydroxylation sites is 1. The van der Waals surface area contributed by atoms with Crippen LogP contribution in [0.15, 0.2) is 89.4 Å². The van der Waals surface area contributed by atoms with Gasteiger partial charge < -0.3 is 4.74 Å². The summed E-state index contributed by atoms with van der Waals surface area (Å²) in [5, 5.41) is 20.4. The number of nitrogens with zero attached hydrogens (tertiary/aromatic N) is 3. The van der Waals surface area contributed by atoms with Crippen molar-refractivity contribution in [3.63, 3.8) is 0 Å². The predicted octanol–water partition coefficient (Wildman–Crippen LogP) is 5.08. The molecule has 0 saturated carbocycles. The van der Waals surface area contributed by atoms with Crippen LogP contribution < -0.4 is 4.74 Å². The van der Waals surface area contributed by atoms with Gasteiger partial charge in [0.1, 0.15) is 23.1 Å². The molecule has 3 aromatic carbocycles. The molecular weight excluding hydrogens is 394 g/mol. The number of hydrogen-bond donors (Lipinski definition) is 0. The Balaban J connectivity index is 1.66. The number of carbonyl (C=O) groups excluding carboxylic acids is 1. The van der Waals surface area contributed by atoms with Gasteiger partial charge in [-0.2, -0.15) is 5.26 Å². The van der Waals surface area contributed by atoms with Gasteiger partial charge >= 0.3 is 0 Å². The summed E-state index contributed by atoms with van der Waals surface area (Å²) in [7, 11) is 0. The van der Waals surface area contributed by atoms with Crippen LogP contribution in [0.3, 0.4) is 0 Å². The lowest BCUT2D eigenvalue weighted by molar-refractivity contribution is -0.384. The molecule has 7 heteroatoms. The molecule has 0 radical (unpaired) electrons. The fraction of sp³-hybridized carbons (Fsp3) is 0.0417. The van der Waals surface area contributed by atoms with E-state index in [1.807, 2.05) is 36.4 Å². The summed E-state index contributed by atoms with van der Waals surface area (Å²) in [5.41, 5.74) is 1.87. The molecule has 1 aliphatic heterocycles. The van der Waals surface area contributed by atoms with Gasteiger partial charge in [0.05, 0.1) is 22.8 Å². The van der Waals surface area contributed by atoms with Gasteiger partial charge in [0, 0.05) is 17.7 Å². The van der Waals surface area contributed by atoms with Crippen LogP contribution >= 0.6 is 0 Å². The first-order chi connectivity index (χ1) is 15.0. The number of ketones is 1. The standard InChI is InChI=1S/C24H15N3O4/c25-15-21-23(28)14-22(16-6-10-18(11-7-16)27(29)30)26-24(21)17-8-12-20(13-9-17)31-19-4-2-1-3-5-19/h1-13H,14H2. The quantitative estimate of drug-likeness (QED) is 0.431. The van der Waals surface area contributed by atoms with Crippen LogP contribution in [0.4, 0.5) is 5.69 Å². The molecule has 7 nitrogen and oxygen atoms in total. The first-order valence-corrected chi connectivity index (χ1v) is 9.38. The molecule has 0 spiro atoms. The minimum absolute atomic E-state index is 0.0117. The van der Waals surface area contributed by atoms with Crippen LogP contribution in [0.25, 0.3) is 5.70 Å². The average molecular weight is 409 g/mol. The van der Waals surface area contributed by atoms with Gasteiger partial charge in [0.25, 0.3) is 5.69 Å². The maximum absolute atomic E-state index is 12.6. The third kappa shape index (κ3) is 4.23. The molecule has 0 N–H and O–H groups in total. The van der Waals surface area contributed by atoms with E-state index in [9.17, 15) is 20.2 Å². The number of nitro groups is 1. The summed E-state index contributed by atoms with van der Waals surface area (Å²) in [6.45, 7) is 0.